The number of nitrogens with two attached hydrogens (primary N) is 1. The van der Waals surface area contributed by atoms with Crippen LogP contribution in [0.15, 0.2) is 86.1 Å². The van der Waals surface area contributed by atoms with Crippen LogP contribution in [-0.2, 0) is 66.0 Å². The molecule has 0 spiro atoms. The molecule has 1 atom stereocenters. The van der Waals surface area contributed by atoms with Gasteiger partial charge in [-0.15, -0.1) is 0 Å². The summed E-state index contributed by atoms with van der Waals surface area (Å²) in [6, 6.07) is 7.04. The molecule has 0 aliphatic rings. The number of aryl methyl sites for hydroxylation is 8. The first-order valence-electron chi connectivity index (χ1n) is 26.6. The zero-order valence-electron chi connectivity index (χ0n) is 48.3. The number of aromatic nitrogens is 11. The van der Waals surface area contributed by atoms with Crippen LogP contribution in [0.25, 0.3) is 22.8 Å². The van der Waals surface area contributed by atoms with Crippen LogP contribution in [-0.4, -0.2) is 150 Å². The minimum atomic E-state index is -1.02. The number of carbonyl (C=O) groups is 8. The second-order valence-electron chi connectivity index (χ2n) is 20.6. The third-order valence-electron chi connectivity index (χ3n) is 13.6. The summed E-state index contributed by atoms with van der Waals surface area (Å²) in [6.45, 7) is 1.61. The molecule has 10 N–H and O–H groups in total. The molecule has 0 radical (unpaired) electrons. The van der Waals surface area contributed by atoms with Gasteiger partial charge in [0.25, 0.3) is 35.4 Å². The molecule has 8 aromatic heterocycles. The largest absolute Gasteiger partial charge is 0.356 e. The smallest absolute Gasteiger partial charge is 0.291 e. The maximum Gasteiger partial charge on any atom is 0.291 e. The summed E-state index contributed by atoms with van der Waals surface area (Å²) in [6.07, 6.45) is 15.7. The summed E-state index contributed by atoms with van der Waals surface area (Å²) in [5.74, 6) is -2.60. The van der Waals surface area contributed by atoms with Crippen molar-refractivity contribution in [3.05, 3.63) is 121 Å². The highest BCUT2D eigenvalue weighted by molar-refractivity contribution is 6.07. The highest BCUT2D eigenvalue weighted by Crippen LogP contribution is 2.28. The third-order valence-corrected chi connectivity index (χ3v) is 13.6. The topological polar surface area (TPSA) is 340 Å². The van der Waals surface area contributed by atoms with Crippen molar-refractivity contribution in [2.24, 2.45) is 62.1 Å². The number of nitrogens with one attached hydrogen (secondary N) is 8. The van der Waals surface area contributed by atoms with Gasteiger partial charge in [0.05, 0.1) is 34.5 Å². The molecular weight excluding hydrogens is 1080 g/mol. The second-order valence-corrected chi connectivity index (χ2v) is 20.6. The molecule has 0 unspecified atom stereocenters. The molecule has 8 amide bonds. The van der Waals surface area contributed by atoms with E-state index in [2.05, 4.69) is 57.5 Å². The van der Waals surface area contributed by atoms with Gasteiger partial charge in [0.2, 0.25) is 11.8 Å². The van der Waals surface area contributed by atoms with Gasteiger partial charge in [-0.25, -0.2) is 15.0 Å². The Kier molecular flexibility index (Phi) is 18.3. The lowest BCUT2D eigenvalue weighted by molar-refractivity contribution is -0.121. The van der Waals surface area contributed by atoms with Crippen LogP contribution in [0.5, 0.6) is 0 Å². The predicted molar refractivity (Wildman–Crippen MR) is 313 cm³/mol. The molecule has 0 aliphatic heterocycles. The molecule has 0 saturated heterocycles. The SMILES string of the molecule is CN(C)CCCNC(=O)CCNC(=O)c1cc(NC(=O)c2nc(-c3nc(NC(=O)c4cc(NC(=O)[C@H](N)CCNC(=O)c5cc(-c6cc(NC(=O)c7cc(NC(=O)c8nccn8C)cn7C)cn6C)cn5C)cn4C)cn3C)cn2C)cn1C. The zero-order chi connectivity index (χ0) is 60.7. The summed E-state index contributed by atoms with van der Waals surface area (Å²) in [5.41, 5.74) is 10.7. The van der Waals surface area contributed by atoms with E-state index in [0.717, 1.165) is 18.7 Å². The molecule has 0 aliphatic carbocycles. The lowest BCUT2D eigenvalue weighted by Gasteiger charge is -2.12. The average Bonchev–Trinajstić information content (AvgIpc) is 3.66. The Hall–Kier alpha value is -10.3. The van der Waals surface area contributed by atoms with Crippen LogP contribution >= 0.6 is 0 Å². The third kappa shape index (κ3) is 14.2. The van der Waals surface area contributed by atoms with Crippen molar-refractivity contribution in [1.29, 1.82) is 0 Å². The first-order valence-corrected chi connectivity index (χ1v) is 26.6. The fourth-order valence-corrected chi connectivity index (χ4v) is 9.20. The maximum atomic E-state index is 13.6. The fraction of sp³-hybridized carbons (Fsp3) is 0.327. The summed E-state index contributed by atoms with van der Waals surface area (Å²) in [5, 5.41) is 22.4. The number of anilines is 5. The van der Waals surface area contributed by atoms with E-state index in [1.54, 1.807) is 140 Å². The van der Waals surface area contributed by atoms with Gasteiger partial charge < -0.3 is 89.7 Å². The van der Waals surface area contributed by atoms with E-state index in [1.807, 2.05) is 30.6 Å². The van der Waals surface area contributed by atoms with Gasteiger partial charge in [0.1, 0.15) is 28.5 Å². The van der Waals surface area contributed by atoms with Crippen molar-refractivity contribution in [3.63, 3.8) is 0 Å². The molecule has 0 fully saturated rings. The lowest BCUT2D eigenvalue weighted by atomic mass is 10.2. The maximum absolute atomic E-state index is 13.6. The number of imidazole rings is 3. The van der Waals surface area contributed by atoms with Crippen molar-refractivity contribution >= 4 is 75.8 Å². The van der Waals surface area contributed by atoms with Crippen LogP contribution in [0.2, 0.25) is 0 Å². The van der Waals surface area contributed by atoms with E-state index in [9.17, 15) is 38.4 Å². The number of rotatable bonds is 24. The minimum absolute atomic E-state index is 0.0490. The van der Waals surface area contributed by atoms with E-state index < -0.39 is 47.4 Å². The predicted octanol–water partition coefficient (Wildman–Crippen LogP) is 2.20. The Bertz CT molecular complexity index is 3800. The van der Waals surface area contributed by atoms with Gasteiger partial charge in [-0.3, -0.25) is 38.4 Å². The van der Waals surface area contributed by atoms with Crippen molar-refractivity contribution in [1.82, 2.24) is 72.3 Å². The second kappa shape index (κ2) is 25.7. The molecule has 8 heterocycles. The number of hydrogen-bond donors (Lipinski definition) is 9. The van der Waals surface area contributed by atoms with E-state index in [4.69, 9.17) is 5.73 Å². The van der Waals surface area contributed by atoms with Crippen molar-refractivity contribution < 1.29 is 38.4 Å². The standard InChI is InChI=1S/C55H69N21O8/c1-68(2)18-11-14-57-45(77)13-16-60-51(80)41-22-35(28-72(41)6)64-55(84)48-65-38(30-75(48)9)46-66-44(31-76(46)10)67-53(82)43-23-34(27-74(43)8)61-49(78)37(56)12-15-59-50(79)40-20-32(25-70(40)4)39-21-33(26-71(39)5)62-52(81)42-24-36(29-73(42)7)63-54(83)47-58-17-19-69(47)3/h17,19-31,37H,11-16,18,56H2,1-10H3,(H,57,77)(H,59,79)(H,60,80)(H,61,78)(H,62,81)(H,63,83)(H,64,84)(H,67,82)/t37-/m1/s1. The van der Waals surface area contributed by atoms with E-state index >= 15 is 0 Å². The van der Waals surface area contributed by atoms with Crippen LogP contribution in [0, 0.1) is 0 Å². The van der Waals surface area contributed by atoms with Gasteiger partial charge in [-0.05, 0) is 63.8 Å². The number of carbonyl (C=O) groups excluding carboxylic acids is 8. The van der Waals surface area contributed by atoms with E-state index in [-0.39, 0.29) is 60.7 Å². The summed E-state index contributed by atoms with van der Waals surface area (Å²) >= 11 is 0. The molecule has 0 bridgehead atoms. The Morgan fingerprint density at radius 3 is 1.67 bits per heavy atom. The van der Waals surface area contributed by atoms with Crippen molar-refractivity contribution in [3.8, 4) is 22.8 Å². The monoisotopic (exact) mass is 1150 g/mol. The van der Waals surface area contributed by atoms with Crippen molar-refractivity contribution in [2.75, 3.05) is 66.9 Å². The van der Waals surface area contributed by atoms with Gasteiger partial charge in [0, 0.05) is 144 Å². The van der Waals surface area contributed by atoms with Gasteiger partial charge in [0.15, 0.2) is 23.3 Å². The molecule has 29 nitrogen and oxygen atoms in total. The summed E-state index contributed by atoms with van der Waals surface area (Å²) in [7, 11) is 17.5. The molecular formula is C55H69N21O8. The van der Waals surface area contributed by atoms with Crippen molar-refractivity contribution in [2.45, 2.75) is 25.3 Å². The highest BCUT2D eigenvalue weighted by atomic mass is 16.2. The number of amides is 8. The quantitative estimate of drug-likeness (QED) is 0.0393. The molecule has 0 aromatic carbocycles. The molecule has 0 saturated carbocycles. The van der Waals surface area contributed by atoms with E-state index in [1.165, 1.54) is 27.5 Å². The first-order chi connectivity index (χ1) is 39.9. The Morgan fingerprint density at radius 2 is 1.05 bits per heavy atom. The molecule has 442 valence electrons. The number of hydrogen-bond acceptors (Lipinski definition) is 13. The zero-order valence-corrected chi connectivity index (χ0v) is 48.3. The minimum Gasteiger partial charge on any atom is -0.356 e. The van der Waals surface area contributed by atoms with Crippen LogP contribution < -0.4 is 48.3 Å². The Morgan fingerprint density at radius 1 is 0.512 bits per heavy atom. The lowest BCUT2D eigenvalue weighted by Crippen LogP contribution is -2.39. The first kappa shape index (κ1) is 59.8. The summed E-state index contributed by atoms with van der Waals surface area (Å²) < 4.78 is 12.9. The number of nitrogens with zero attached hydrogens (tertiary/aromatic N) is 12. The van der Waals surface area contributed by atoms with E-state index in [0.29, 0.717) is 57.8 Å². The van der Waals surface area contributed by atoms with Crippen LogP contribution in [0.4, 0.5) is 28.6 Å². The van der Waals surface area contributed by atoms with Gasteiger partial charge >= 0.3 is 0 Å². The molecule has 8 rings (SSSR count). The average molecular weight is 1150 g/mol. The highest BCUT2D eigenvalue weighted by Gasteiger charge is 2.24. The van der Waals surface area contributed by atoms with Gasteiger partial charge in [-0.1, -0.05) is 0 Å². The molecule has 29 heteroatoms. The Balaban J connectivity index is 0.785. The Labute approximate surface area is 482 Å². The van der Waals surface area contributed by atoms with Gasteiger partial charge in [-0.2, -0.15) is 0 Å². The fourth-order valence-electron chi connectivity index (χ4n) is 9.20. The molecule has 84 heavy (non-hydrogen) atoms. The normalized spacial score (nSPS) is 11.6. The van der Waals surface area contributed by atoms with Crippen LogP contribution in [0.1, 0.15) is 82.5 Å². The molecule has 8 aromatic rings. The van der Waals surface area contributed by atoms with Crippen LogP contribution in [0.3, 0.4) is 0 Å². The summed E-state index contributed by atoms with van der Waals surface area (Å²) in [4.78, 5) is 120.